The van der Waals surface area contributed by atoms with Crippen molar-refractivity contribution < 1.29 is 9.53 Å². The summed E-state index contributed by atoms with van der Waals surface area (Å²) in [5, 5.41) is 12.4. The number of nitriles is 1. The topological polar surface area (TPSA) is 136 Å². The highest BCUT2D eigenvalue weighted by Crippen LogP contribution is 2.33. The lowest BCUT2D eigenvalue weighted by Gasteiger charge is -2.12. The molecule has 0 unspecified atom stereocenters. The summed E-state index contributed by atoms with van der Waals surface area (Å²) < 4.78 is 6.91. The number of carbonyl (C=O) groups is 1. The van der Waals surface area contributed by atoms with Crippen molar-refractivity contribution in [1.29, 1.82) is 5.26 Å². The molecule has 0 aliphatic rings. The predicted octanol–water partition coefficient (Wildman–Crippen LogP) is 3.65. The van der Waals surface area contributed by atoms with Crippen molar-refractivity contribution in [3.8, 4) is 34.2 Å². The van der Waals surface area contributed by atoms with Crippen molar-refractivity contribution in [2.45, 2.75) is 0 Å². The Balaban J connectivity index is 1.49. The molecule has 0 saturated carbocycles. The van der Waals surface area contributed by atoms with Gasteiger partial charge in [0, 0.05) is 42.2 Å². The zero-order chi connectivity index (χ0) is 25.2. The molecule has 11 heteroatoms. The van der Waals surface area contributed by atoms with Gasteiger partial charge in [0.2, 0.25) is 5.56 Å². The lowest BCUT2D eigenvalue weighted by Crippen LogP contribution is -2.14. The number of fused-ring (bicyclic) bond motifs is 1. The molecule has 0 aliphatic carbocycles. The third-order valence-electron chi connectivity index (χ3n) is 5.39. The molecule has 5 aromatic rings. The maximum Gasteiger partial charge on any atom is 0.259 e. The van der Waals surface area contributed by atoms with Crippen LogP contribution in [0.25, 0.3) is 32.9 Å². The average Bonchev–Trinajstić information content (AvgIpc) is 3.31. The van der Waals surface area contributed by atoms with Crippen LogP contribution in [0.4, 0.5) is 5.13 Å². The molecule has 10 nitrogen and oxygen atoms in total. The molecule has 0 radical (unpaired) electrons. The lowest BCUT2D eigenvalue weighted by atomic mass is 9.99. The van der Waals surface area contributed by atoms with E-state index in [1.54, 1.807) is 43.7 Å². The number of amides is 1. The van der Waals surface area contributed by atoms with Crippen molar-refractivity contribution >= 4 is 32.9 Å². The van der Waals surface area contributed by atoms with Gasteiger partial charge in [-0.2, -0.15) is 10.2 Å². The van der Waals surface area contributed by atoms with E-state index in [-0.39, 0.29) is 16.8 Å². The number of carbonyl (C=O) groups excluding carboxylic acids is 1. The Kier molecular flexibility index (Phi) is 5.93. The molecule has 4 heterocycles. The Hall–Kier alpha value is -4.95. The summed E-state index contributed by atoms with van der Waals surface area (Å²) in [4.78, 5) is 42.9. The maximum absolute atomic E-state index is 13.3. The van der Waals surface area contributed by atoms with Gasteiger partial charge < -0.3 is 9.30 Å². The summed E-state index contributed by atoms with van der Waals surface area (Å²) in [6, 6.07) is 13.9. The molecule has 5 rings (SSSR count). The fourth-order valence-electron chi connectivity index (χ4n) is 3.61. The fourth-order valence-corrected chi connectivity index (χ4v) is 4.40. The Morgan fingerprint density at radius 3 is 2.72 bits per heavy atom. The van der Waals surface area contributed by atoms with E-state index in [1.807, 2.05) is 18.2 Å². The zero-order valence-corrected chi connectivity index (χ0v) is 19.9. The van der Waals surface area contributed by atoms with E-state index in [9.17, 15) is 14.9 Å². The van der Waals surface area contributed by atoms with Crippen LogP contribution in [-0.2, 0) is 7.05 Å². The van der Waals surface area contributed by atoms with Gasteiger partial charge >= 0.3 is 0 Å². The highest BCUT2D eigenvalue weighted by atomic mass is 32.1. The first-order chi connectivity index (χ1) is 17.5. The van der Waals surface area contributed by atoms with Crippen LogP contribution in [0.5, 0.6) is 5.75 Å². The van der Waals surface area contributed by atoms with Crippen LogP contribution in [0.2, 0.25) is 0 Å². The highest BCUT2D eigenvalue weighted by molar-refractivity contribution is 7.21. The fraction of sp³-hybridized carbons (Fsp3) is 0.0800. The molecule has 1 amide bonds. The van der Waals surface area contributed by atoms with E-state index in [1.165, 1.54) is 35.3 Å². The predicted molar refractivity (Wildman–Crippen MR) is 135 cm³/mol. The molecule has 0 saturated heterocycles. The number of rotatable bonds is 5. The summed E-state index contributed by atoms with van der Waals surface area (Å²) in [7, 11) is 3.20. The summed E-state index contributed by atoms with van der Waals surface area (Å²) in [6.07, 6.45) is 4.61. The number of benzene rings is 1. The minimum Gasteiger partial charge on any atom is -0.496 e. The van der Waals surface area contributed by atoms with Crippen molar-refractivity contribution in [1.82, 2.24) is 24.5 Å². The van der Waals surface area contributed by atoms with Crippen LogP contribution in [0, 0.1) is 11.3 Å². The minimum atomic E-state index is -0.453. The minimum absolute atomic E-state index is 0.125. The van der Waals surface area contributed by atoms with Crippen molar-refractivity contribution in [2.75, 3.05) is 12.4 Å². The first-order valence-electron chi connectivity index (χ1n) is 10.6. The molecule has 176 valence electrons. The summed E-state index contributed by atoms with van der Waals surface area (Å²) >= 11 is 1.17. The standard InChI is InChI=1S/C25H17N7O3S/c1-32-13-14(7-8-21(32)33)19-12-28-22-24(29-19)36-25(30-22)31-23(34)18-11-27-15(10-26)9-17(18)16-5-3-4-6-20(16)35-2/h3-9,11-13H,1-2H3,(H,28,30,31,34). The number of nitrogens with one attached hydrogen (secondary N) is 1. The highest BCUT2D eigenvalue weighted by Gasteiger charge is 2.19. The molecule has 1 aromatic carbocycles. The van der Waals surface area contributed by atoms with Crippen molar-refractivity contribution in [3.05, 3.63) is 82.7 Å². The second kappa shape index (κ2) is 9.36. The van der Waals surface area contributed by atoms with Gasteiger partial charge in [0.05, 0.1) is 24.6 Å². The number of anilines is 1. The van der Waals surface area contributed by atoms with E-state index >= 15 is 0 Å². The molecule has 0 atom stereocenters. The first-order valence-corrected chi connectivity index (χ1v) is 11.4. The van der Waals surface area contributed by atoms with Crippen molar-refractivity contribution in [3.63, 3.8) is 0 Å². The lowest BCUT2D eigenvalue weighted by molar-refractivity contribution is 0.102. The van der Waals surface area contributed by atoms with Gasteiger partial charge in [-0.05, 0) is 18.2 Å². The number of aromatic nitrogens is 5. The average molecular weight is 496 g/mol. The molecule has 0 bridgehead atoms. The van der Waals surface area contributed by atoms with Gasteiger partial charge in [0.1, 0.15) is 17.5 Å². The molecule has 36 heavy (non-hydrogen) atoms. The van der Waals surface area contributed by atoms with Crippen LogP contribution in [0.15, 0.2) is 65.8 Å². The Labute approximate surface area is 208 Å². The Bertz CT molecular complexity index is 1740. The number of hydrogen-bond acceptors (Lipinski definition) is 9. The molecule has 0 aliphatic heterocycles. The second-order valence-corrected chi connectivity index (χ2v) is 8.63. The van der Waals surface area contributed by atoms with Gasteiger partial charge in [-0.1, -0.05) is 29.5 Å². The van der Waals surface area contributed by atoms with E-state index in [0.29, 0.717) is 38.2 Å². The number of methoxy groups -OCH3 is 1. The van der Waals surface area contributed by atoms with Gasteiger partial charge in [0.15, 0.2) is 15.6 Å². The van der Waals surface area contributed by atoms with Crippen LogP contribution >= 0.6 is 11.3 Å². The van der Waals surface area contributed by atoms with E-state index < -0.39 is 5.91 Å². The third kappa shape index (κ3) is 4.28. The first kappa shape index (κ1) is 22.8. The van der Waals surface area contributed by atoms with E-state index in [2.05, 4.69) is 25.3 Å². The summed E-state index contributed by atoms with van der Waals surface area (Å²) in [5.74, 6) is 0.103. The van der Waals surface area contributed by atoms with Gasteiger partial charge in [-0.3, -0.25) is 14.9 Å². The largest absolute Gasteiger partial charge is 0.496 e. The van der Waals surface area contributed by atoms with Gasteiger partial charge in [-0.25, -0.2) is 15.0 Å². The van der Waals surface area contributed by atoms with Gasteiger partial charge in [0.25, 0.3) is 5.91 Å². The Morgan fingerprint density at radius 2 is 1.94 bits per heavy atom. The second-order valence-electron chi connectivity index (χ2n) is 7.65. The maximum atomic E-state index is 13.3. The number of nitrogens with zero attached hydrogens (tertiary/aromatic N) is 6. The van der Waals surface area contributed by atoms with E-state index in [4.69, 9.17) is 4.74 Å². The number of thiazole rings is 1. The van der Waals surface area contributed by atoms with Crippen LogP contribution < -0.4 is 15.6 Å². The molecule has 0 spiro atoms. The zero-order valence-electron chi connectivity index (χ0n) is 19.1. The third-order valence-corrected chi connectivity index (χ3v) is 6.24. The van der Waals surface area contributed by atoms with Crippen LogP contribution in [-0.4, -0.2) is 37.5 Å². The SMILES string of the molecule is COc1ccccc1-c1cc(C#N)ncc1C(=O)Nc1nc2ncc(-c3ccc(=O)n(C)c3)nc2s1. The number of aryl methyl sites for hydroxylation is 1. The quantitative estimate of drug-likeness (QED) is 0.390. The number of para-hydroxylation sites is 1. The smallest absolute Gasteiger partial charge is 0.259 e. The summed E-state index contributed by atoms with van der Waals surface area (Å²) in [6.45, 7) is 0. The number of hydrogen-bond donors (Lipinski definition) is 1. The summed E-state index contributed by atoms with van der Waals surface area (Å²) in [5.41, 5.74) is 3.15. The van der Waals surface area contributed by atoms with E-state index in [0.717, 1.165) is 5.56 Å². The Morgan fingerprint density at radius 1 is 1.11 bits per heavy atom. The molecular weight excluding hydrogens is 478 g/mol. The van der Waals surface area contributed by atoms with Crippen LogP contribution in [0.1, 0.15) is 16.1 Å². The van der Waals surface area contributed by atoms with Crippen LogP contribution in [0.3, 0.4) is 0 Å². The molecule has 0 fully saturated rings. The monoisotopic (exact) mass is 495 g/mol. The number of ether oxygens (including phenoxy) is 1. The van der Waals surface area contributed by atoms with Gasteiger partial charge in [-0.15, -0.1) is 0 Å². The normalized spacial score (nSPS) is 10.7. The molecular formula is C25H17N7O3S. The molecule has 1 N–H and O–H groups in total. The molecule has 4 aromatic heterocycles. The van der Waals surface area contributed by atoms with Crippen molar-refractivity contribution in [2.24, 2.45) is 7.05 Å². The number of pyridine rings is 2.